The quantitative estimate of drug-likeness (QED) is 0.324. The van der Waals surface area contributed by atoms with Crippen LogP contribution in [-0.4, -0.2) is 25.6 Å². The number of carbonyl (C=O) groups is 1. The minimum atomic E-state index is -0.776. The van der Waals surface area contributed by atoms with Gasteiger partial charge in [0.25, 0.3) is 0 Å². The van der Waals surface area contributed by atoms with E-state index in [1.807, 2.05) is 43.3 Å². The summed E-state index contributed by atoms with van der Waals surface area (Å²) in [5, 5.41) is 3.21. The molecule has 5 rings (SSSR count). The number of amides is 1. The Balaban J connectivity index is 1.62. The highest BCUT2D eigenvalue weighted by Crippen LogP contribution is 2.33. The Labute approximate surface area is 205 Å². The van der Waals surface area contributed by atoms with Gasteiger partial charge in [0.2, 0.25) is 5.43 Å². The van der Waals surface area contributed by atoms with Crippen LogP contribution in [0.3, 0.4) is 0 Å². The zero-order chi connectivity index (χ0) is 24.5. The van der Waals surface area contributed by atoms with Gasteiger partial charge in [0.15, 0.2) is 5.75 Å². The molecule has 0 aliphatic carbocycles. The second-order valence-corrected chi connectivity index (χ2v) is 8.35. The molecule has 4 aromatic heterocycles. The van der Waals surface area contributed by atoms with Crippen molar-refractivity contribution in [1.82, 2.24) is 19.5 Å². The van der Waals surface area contributed by atoms with Gasteiger partial charge in [0, 0.05) is 36.3 Å². The number of fused-ring (bicyclic) bond motifs is 1. The fraction of sp³-hybridized carbons (Fsp3) is 0.0769. The van der Waals surface area contributed by atoms with Gasteiger partial charge in [-0.05, 0) is 42.8 Å². The molecule has 35 heavy (non-hydrogen) atoms. The number of hydrogen-bond acceptors (Lipinski definition) is 5. The predicted octanol–water partition coefficient (Wildman–Crippen LogP) is 5.56. The molecule has 0 saturated heterocycles. The molecule has 0 spiro atoms. The highest BCUT2D eigenvalue weighted by atomic mass is 35.5. The topological polar surface area (TPSA) is 102 Å². The molecule has 174 valence electrons. The Kier molecular flexibility index (Phi) is 5.80. The molecule has 0 radical (unpaired) electrons. The van der Waals surface area contributed by atoms with Crippen LogP contribution in [0.25, 0.3) is 33.4 Å². The van der Waals surface area contributed by atoms with Crippen LogP contribution in [0.4, 0.5) is 10.6 Å². The molecule has 2 N–H and O–H groups in total. The number of H-pyrrole nitrogens is 1. The Morgan fingerprint density at radius 3 is 2.57 bits per heavy atom. The number of carbonyl (C=O) groups excluding carboxylic acids is 1. The van der Waals surface area contributed by atoms with Crippen molar-refractivity contribution in [2.45, 2.75) is 6.92 Å². The summed E-state index contributed by atoms with van der Waals surface area (Å²) in [6.07, 6.45) is 2.34. The lowest BCUT2D eigenvalue weighted by atomic mass is 9.98. The van der Waals surface area contributed by atoms with Crippen molar-refractivity contribution in [3.05, 3.63) is 94.1 Å². The van der Waals surface area contributed by atoms with Crippen LogP contribution >= 0.6 is 11.6 Å². The maximum atomic E-state index is 13.3. The van der Waals surface area contributed by atoms with E-state index < -0.39 is 11.5 Å². The summed E-state index contributed by atoms with van der Waals surface area (Å²) in [6, 6.07) is 18.5. The number of halogens is 1. The third-order valence-electron chi connectivity index (χ3n) is 5.49. The summed E-state index contributed by atoms with van der Waals surface area (Å²) >= 11 is 6.23. The van der Waals surface area contributed by atoms with E-state index >= 15 is 0 Å². The average molecular weight is 486 g/mol. The van der Waals surface area contributed by atoms with Crippen LogP contribution in [0, 0.1) is 6.92 Å². The van der Waals surface area contributed by atoms with Crippen molar-refractivity contribution in [3.8, 4) is 28.1 Å². The Morgan fingerprint density at radius 2 is 1.86 bits per heavy atom. The van der Waals surface area contributed by atoms with Crippen LogP contribution < -0.4 is 15.5 Å². The largest absolute Gasteiger partial charge is 0.418 e. The highest BCUT2D eigenvalue weighted by molar-refractivity contribution is 6.29. The molecule has 1 amide bonds. The van der Waals surface area contributed by atoms with Gasteiger partial charge in [-0.25, -0.2) is 14.8 Å². The Morgan fingerprint density at radius 1 is 1.06 bits per heavy atom. The van der Waals surface area contributed by atoms with E-state index in [1.165, 1.54) is 6.20 Å². The highest BCUT2D eigenvalue weighted by Gasteiger charge is 2.17. The molecule has 0 aliphatic heterocycles. The third kappa shape index (κ3) is 4.51. The maximum absolute atomic E-state index is 13.3. The van der Waals surface area contributed by atoms with E-state index in [1.54, 1.807) is 42.1 Å². The lowest BCUT2D eigenvalue weighted by molar-refractivity contribution is 0.214. The number of nitrogens with zero attached hydrogens (tertiary/aromatic N) is 3. The second kappa shape index (κ2) is 9.08. The number of aryl methyl sites for hydroxylation is 2. The number of ether oxygens (including phenoxy) is 1. The van der Waals surface area contributed by atoms with E-state index in [2.05, 4.69) is 15.3 Å². The molecule has 4 heterocycles. The predicted molar refractivity (Wildman–Crippen MR) is 136 cm³/mol. The number of benzene rings is 1. The number of aromatic amines is 1. The van der Waals surface area contributed by atoms with Gasteiger partial charge in [-0.2, -0.15) is 0 Å². The molecule has 0 aliphatic rings. The number of nitrogens with one attached hydrogen (secondary N) is 2. The van der Waals surface area contributed by atoms with Gasteiger partial charge >= 0.3 is 6.09 Å². The van der Waals surface area contributed by atoms with Crippen molar-refractivity contribution in [2.24, 2.45) is 7.05 Å². The summed E-state index contributed by atoms with van der Waals surface area (Å²) in [5.41, 5.74) is 3.64. The summed E-state index contributed by atoms with van der Waals surface area (Å²) in [7, 11) is 1.78. The number of rotatable bonds is 4. The van der Waals surface area contributed by atoms with Crippen LogP contribution in [0.2, 0.25) is 5.15 Å². The molecule has 0 bridgehead atoms. The average Bonchev–Trinajstić information content (AvgIpc) is 3.24. The third-order valence-corrected chi connectivity index (χ3v) is 5.68. The minimum absolute atomic E-state index is 0.145. The molecular weight excluding hydrogens is 466 g/mol. The number of hydrogen-bond donors (Lipinski definition) is 2. The molecule has 0 atom stereocenters. The first-order valence-corrected chi connectivity index (χ1v) is 11.1. The zero-order valence-corrected chi connectivity index (χ0v) is 19.6. The smallest absolute Gasteiger partial charge is 0.404 e. The molecular formula is C26H20ClN5O3. The number of pyridine rings is 3. The van der Waals surface area contributed by atoms with E-state index in [9.17, 15) is 9.59 Å². The van der Waals surface area contributed by atoms with E-state index in [0.29, 0.717) is 27.9 Å². The summed E-state index contributed by atoms with van der Waals surface area (Å²) in [5.74, 6) is 0.391. The lowest BCUT2D eigenvalue weighted by Crippen LogP contribution is -2.22. The van der Waals surface area contributed by atoms with Crippen molar-refractivity contribution in [1.29, 1.82) is 0 Å². The lowest BCUT2D eigenvalue weighted by Gasteiger charge is -2.13. The molecule has 0 fully saturated rings. The molecule has 1 aromatic carbocycles. The van der Waals surface area contributed by atoms with Crippen molar-refractivity contribution in [2.75, 3.05) is 5.32 Å². The number of aromatic nitrogens is 4. The summed E-state index contributed by atoms with van der Waals surface area (Å²) in [6.45, 7) is 1.84. The standard InChI is InChI=1S/C26H20ClN5O3/c1-15-11-17(12-21(27)29-15)18-13-19-24(33)20(35-26(34)30-22-9-6-10-32(22)2)14-28-25(19)31-23(18)16-7-4-3-5-8-16/h3-14H,1-2H3,(H,30,34)(H,28,31,33). The first kappa shape index (κ1) is 22.4. The van der Waals surface area contributed by atoms with Gasteiger partial charge in [0.1, 0.15) is 16.6 Å². The normalized spacial score (nSPS) is 10.9. The van der Waals surface area contributed by atoms with Gasteiger partial charge in [0.05, 0.1) is 11.1 Å². The zero-order valence-electron chi connectivity index (χ0n) is 18.9. The fourth-order valence-corrected chi connectivity index (χ4v) is 4.10. The van der Waals surface area contributed by atoms with Gasteiger partial charge in [-0.3, -0.25) is 10.1 Å². The molecule has 5 aromatic rings. The molecule has 8 nitrogen and oxygen atoms in total. The second-order valence-electron chi connectivity index (χ2n) is 7.97. The summed E-state index contributed by atoms with van der Waals surface area (Å²) in [4.78, 5) is 37.7. The fourth-order valence-electron chi connectivity index (χ4n) is 3.85. The van der Waals surface area contributed by atoms with Gasteiger partial charge in [-0.1, -0.05) is 41.9 Å². The Bertz CT molecular complexity index is 1610. The first-order valence-electron chi connectivity index (χ1n) is 10.8. The van der Waals surface area contributed by atoms with Crippen molar-refractivity contribution >= 4 is 34.5 Å². The van der Waals surface area contributed by atoms with Gasteiger partial charge < -0.3 is 14.3 Å². The summed E-state index contributed by atoms with van der Waals surface area (Å²) < 4.78 is 7.03. The van der Waals surface area contributed by atoms with Crippen LogP contribution in [0.1, 0.15) is 5.69 Å². The van der Waals surface area contributed by atoms with Crippen LogP contribution in [0.5, 0.6) is 5.75 Å². The molecule has 9 heteroatoms. The first-order chi connectivity index (χ1) is 16.9. The minimum Gasteiger partial charge on any atom is -0.404 e. The van der Waals surface area contributed by atoms with E-state index in [4.69, 9.17) is 21.3 Å². The van der Waals surface area contributed by atoms with Crippen LogP contribution in [0.15, 0.2) is 77.9 Å². The Hall–Kier alpha value is -4.43. The van der Waals surface area contributed by atoms with E-state index in [-0.39, 0.29) is 11.1 Å². The maximum Gasteiger partial charge on any atom is 0.418 e. The van der Waals surface area contributed by atoms with E-state index in [0.717, 1.165) is 16.8 Å². The molecule has 0 saturated carbocycles. The van der Waals surface area contributed by atoms with Crippen LogP contribution in [-0.2, 0) is 7.05 Å². The SMILES string of the molecule is Cc1cc(-c2cc3c(=O)c(OC(=O)Nc4cccn4C)c[nH]c3nc2-c2ccccc2)cc(Cl)n1. The monoisotopic (exact) mass is 485 g/mol. The number of anilines is 1. The van der Waals surface area contributed by atoms with Crippen molar-refractivity contribution in [3.63, 3.8) is 0 Å². The van der Waals surface area contributed by atoms with Crippen molar-refractivity contribution < 1.29 is 9.53 Å². The van der Waals surface area contributed by atoms with Gasteiger partial charge in [-0.15, -0.1) is 0 Å². The molecule has 0 unspecified atom stereocenters.